The number of esters is 1. The van der Waals surface area contributed by atoms with Crippen molar-refractivity contribution in [3.8, 4) is 0 Å². The summed E-state index contributed by atoms with van der Waals surface area (Å²) in [5, 5.41) is 2.19. The third kappa shape index (κ3) is 3.94. The Bertz CT molecular complexity index is 610. The zero-order chi connectivity index (χ0) is 17.0. The van der Waals surface area contributed by atoms with Crippen LogP contribution in [0.5, 0.6) is 0 Å². The van der Waals surface area contributed by atoms with Crippen LogP contribution in [0.15, 0.2) is 12.1 Å². The predicted octanol–water partition coefficient (Wildman–Crippen LogP) is 2.91. The van der Waals surface area contributed by atoms with Gasteiger partial charge >= 0.3 is 12.0 Å². The molecule has 23 heavy (non-hydrogen) atoms. The number of anilines is 1. The average molecular weight is 330 g/mol. The zero-order valence-corrected chi connectivity index (χ0v) is 12.6. The molecule has 126 valence electrons. The van der Waals surface area contributed by atoms with Gasteiger partial charge in [0.2, 0.25) is 0 Å². The first-order valence-electron chi connectivity index (χ1n) is 7.30. The quantitative estimate of drug-likeness (QED) is 0.685. The molecule has 1 fully saturated rings. The number of carbonyl (C=O) groups excluding carboxylic acids is 2. The van der Waals surface area contributed by atoms with Crippen LogP contribution in [0.1, 0.15) is 19.8 Å². The van der Waals surface area contributed by atoms with Gasteiger partial charge < -0.3 is 15.0 Å². The third-order valence-electron chi connectivity index (χ3n) is 3.61. The topological polar surface area (TPSA) is 58.6 Å². The molecule has 2 amide bonds. The molecule has 1 aliphatic rings. The molecule has 1 unspecified atom stereocenters. The number of piperidine rings is 1. The van der Waals surface area contributed by atoms with Crippen molar-refractivity contribution in [1.82, 2.24) is 4.90 Å². The van der Waals surface area contributed by atoms with Gasteiger partial charge in [0.15, 0.2) is 17.5 Å². The Kier molecular flexibility index (Phi) is 5.46. The zero-order valence-electron chi connectivity index (χ0n) is 12.6. The summed E-state index contributed by atoms with van der Waals surface area (Å²) in [6, 6.07) is 0.994. The van der Waals surface area contributed by atoms with Crippen molar-refractivity contribution in [3.63, 3.8) is 0 Å². The summed E-state index contributed by atoms with van der Waals surface area (Å²) < 4.78 is 44.5. The lowest BCUT2D eigenvalue weighted by atomic mass is 9.98. The van der Waals surface area contributed by atoms with Gasteiger partial charge in [-0.15, -0.1) is 0 Å². The Balaban J connectivity index is 2.03. The third-order valence-corrected chi connectivity index (χ3v) is 3.61. The van der Waals surface area contributed by atoms with Crippen LogP contribution in [-0.2, 0) is 9.53 Å². The average Bonchev–Trinajstić information content (AvgIpc) is 2.55. The van der Waals surface area contributed by atoms with Crippen LogP contribution in [-0.4, -0.2) is 36.6 Å². The molecule has 0 aliphatic carbocycles. The summed E-state index contributed by atoms with van der Waals surface area (Å²) in [7, 11) is 0. The monoisotopic (exact) mass is 330 g/mol. The van der Waals surface area contributed by atoms with E-state index < -0.39 is 35.1 Å². The van der Waals surface area contributed by atoms with Crippen molar-refractivity contribution < 1.29 is 27.5 Å². The first-order chi connectivity index (χ1) is 10.9. The SMILES string of the molecule is CCOC(=O)C1CCCN(C(=O)Nc2ccc(F)c(F)c2F)C1. The molecule has 1 atom stereocenters. The van der Waals surface area contributed by atoms with E-state index in [0.29, 0.717) is 19.4 Å². The molecule has 1 heterocycles. The number of urea groups is 1. The molecule has 2 rings (SSSR count). The summed E-state index contributed by atoms with van der Waals surface area (Å²) in [6.45, 7) is 2.46. The molecule has 1 N–H and O–H groups in total. The minimum atomic E-state index is -1.65. The molecule has 0 bridgehead atoms. The minimum absolute atomic E-state index is 0.135. The number of benzene rings is 1. The van der Waals surface area contributed by atoms with Gasteiger partial charge in [-0.1, -0.05) is 0 Å². The summed E-state index contributed by atoms with van der Waals surface area (Å²) in [5.41, 5.74) is -0.452. The largest absolute Gasteiger partial charge is 0.466 e. The van der Waals surface area contributed by atoms with Crippen molar-refractivity contribution in [3.05, 3.63) is 29.6 Å². The van der Waals surface area contributed by atoms with Crippen LogP contribution in [0.2, 0.25) is 0 Å². The van der Waals surface area contributed by atoms with Gasteiger partial charge in [0.1, 0.15) is 0 Å². The fourth-order valence-corrected chi connectivity index (χ4v) is 2.43. The van der Waals surface area contributed by atoms with Gasteiger partial charge in [0.25, 0.3) is 0 Å². The molecule has 0 aromatic heterocycles. The first-order valence-corrected chi connectivity index (χ1v) is 7.30. The summed E-state index contributed by atoms with van der Waals surface area (Å²) in [5.74, 6) is -5.27. The summed E-state index contributed by atoms with van der Waals surface area (Å²) in [4.78, 5) is 25.2. The smallest absolute Gasteiger partial charge is 0.321 e. The summed E-state index contributed by atoms with van der Waals surface area (Å²) in [6.07, 6.45) is 1.19. The molecule has 1 aromatic carbocycles. The number of rotatable bonds is 3. The normalized spacial score (nSPS) is 17.7. The van der Waals surface area contributed by atoms with E-state index in [0.717, 1.165) is 12.1 Å². The van der Waals surface area contributed by atoms with Crippen LogP contribution < -0.4 is 5.32 Å². The number of nitrogens with zero attached hydrogens (tertiary/aromatic N) is 1. The Morgan fingerprint density at radius 3 is 2.74 bits per heavy atom. The number of likely N-dealkylation sites (tertiary alicyclic amines) is 1. The van der Waals surface area contributed by atoms with Gasteiger partial charge in [0, 0.05) is 13.1 Å². The van der Waals surface area contributed by atoms with E-state index in [2.05, 4.69) is 5.32 Å². The van der Waals surface area contributed by atoms with Crippen molar-refractivity contribution in [1.29, 1.82) is 0 Å². The molecule has 1 aliphatic heterocycles. The van der Waals surface area contributed by atoms with E-state index in [4.69, 9.17) is 4.74 Å². The van der Waals surface area contributed by atoms with Crippen molar-refractivity contribution >= 4 is 17.7 Å². The molecule has 1 aromatic rings. The Morgan fingerprint density at radius 2 is 2.04 bits per heavy atom. The molecule has 8 heteroatoms. The second kappa shape index (κ2) is 7.34. The van der Waals surface area contributed by atoms with Crippen LogP contribution in [0.4, 0.5) is 23.7 Å². The molecule has 5 nitrogen and oxygen atoms in total. The Labute approximate surface area is 131 Å². The highest BCUT2D eigenvalue weighted by molar-refractivity contribution is 5.90. The number of amides is 2. The van der Waals surface area contributed by atoms with E-state index in [1.54, 1.807) is 6.92 Å². The number of nitrogens with one attached hydrogen (secondary N) is 1. The van der Waals surface area contributed by atoms with E-state index in [-0.39, 0.29) is 19.1 Å². The molecular formula is C15H17F3N2O3. The van der Waals surface area contributed by atoms with Crippen molar-refractivity contribution in [2.45, 2.75) is 19.8 Å². The van der Waals surface area contributed by atoms with Crippen molar-refractivity contribution in [2.24, 2.45) is 5.92 Å². The number of carbonyl (C=O) groups is 2. The standard InChI is InChI=1S/C15H17F3N2O3/c1-2-23-14(21)9-4-3-7-20(8-9)15(22)19-11-6-5-10(16)12(17)13(11)18/h5-6,9H,2-4,7-8H2,1H3,(H,19,22). The van der Waals surface area contributed by atoms with Gasteiger partial charge in [-0.05, 0) is 31.9 Å². The predicted molar refractivity (Wildman–Crippen MR) is 76.3 cm³/mol. The molecule has 1 saturated heterocycles. The Hall–Kier alpha value is -2.25. The number of ether oxygens (including phenoxy) is 1. The fraction of sp³-hybridized carbons (Fsp3) is 0.467. The summed E-state index contributed by atoms with van der Waals surface area (Å²) >= 11 is 0. The lowest BCUT2D eigenvalue weighted by Crippen LogP contribution is -2.44. The highest BCUT2D eigenvalue weighted by Crippen LogP contribution is 2.22. The van der Waals surface area contributed by atoms with Gasteiger partial charge in [-0.25, -0.2) is 18.0 Å². The van der Waals surface area contributed by atoms with Crippen LogP contribution in [0.3, 0.4) is 0 Å². The first kappa shape index (κ1) is 17.1. The fourth-order valence-electron chi connectivity index (χ4n) is 2.43. The van der Waals surface area contributed by atoms with Gasteiger partial charge in [0.05, 0.1) is 18.2 Å². The highest BCUT2D eigenvalue weighted by atomic mass is 19.2. The van der Waals surface area contributed by atoms with E-state index in [9.17, 15) is 22.8 Å². The van der Waals surface area contributed by atoms with Gasteiger partial charge in [-0.3, -0.25) is 4.79 Å². The number of hydrogen-bond acceptors (Lipinski definition) is 3. The molecule has 0 radical (unpaired) electrons. The molecule has 0 saturated carbocycles. The maximum Gasteiger partial charge on any atom is 0.321 e. The number of hydrogen-bond donors (Lipinski definition) is 1. The lowest BCUT2D eigenvalue weighted by Gasteiger charge is -2.31. The number of halogens is 3. The lowest BCUT2D eigenvalue weighted by molar-refractivity contribution is -0.149. The van der Waals surface area contributed by atoms with E-state index >= 15 is 0 Å². The van der Waals surface area contributed by atoms with E-state index in [1.807, 2.05) is 0 Å². The van der Waals surface area contributed by atoms with Crippen molar-refractivity contribution in [2.75, 3.05) is 25.0 Å². The van der Waals surface area contributed by atoms with Crippen LogP contribution in [0.25, 0.3) is 0 Å². The Morgan fingerprint density at radius 1 is 1.30 bits per heavy atom. The second-order valence-corrected chi connectivity index (χ2v) is 5.19. The minimum Gasteiger partial charge on any atom is -0.466 e. The van der Waals surface area contributed by atoms with Crippen LogP contribution >= 0.6 is 0 Å². The molecular weight excluding hydrogens is 313 g/mol. The highest BCUT2D eigenvalue weighted by Gasteiger charge is 2.29. The van der Waals surface area contributed by atoms with Crippen LogP contribution in [0, 0.1) is 23.4 Å². The molecule has 0 spiro atoms. The van der Waals surface area contributed by atoms with E-state index in [1.165, 1.54) is 4.90 Å². The van der Waals surface area contributed by atoms with Gasteiger partial charge in [-0.2, -0.15) is 0 Å². The second-order valence-electron chi connectivity index (χ2n) is 5.19. The maximum absolute atomic E-state index is 13.6. The maximum atomic E-state index is 13.6.